The van der Waals surface area contributed by atoms with Crippen LogP contribution < -0.4 is 15.9 Å². The number of nitrogens with zero attached hydrogens (tertiary/aromatic N) is 1. The Labute approximate surface area is 214 Å². The van der Waals surface area contributed by atoms with Crippen molar-refractivity contribution < 1.29 is 9.30 Å². The maximum Gasteiger partial charge on any atom is 0.115 e. The van der Waals surface area contributed by atoms with E-state index in [9.17, 15) is 4.21 Å². The van der Waals surface area contributed by atoms with Crippen LogP contribution in [0, 0.1) is 15.3 Å². The molecule has 5 rings (SSSR count). The van der Waals surface area contributed by atoms with Crippen LogP contribution in [0.4, 0.5) is 0 Å². The largest absolute Gasteiger partial charge is 0.356 e. The van der Waals surface area contributed by atoms with Gasteiger partial charge in [0.25, 0.3) is 0 Å². The third-order valence-corrected chi connectivity index (χ3v) is 16.0. The summed E-state index contributed by atoms with van der Waals surface area (Å²) in [6.07, 6.45) is 5.67. The van der Waals surface area contributed by atoms with Crippen LogP contribution in [0.1, 0.15) is 32.1 Å². The van der Waals surface area contributed by atoms with Crippen LogP contribution in [-0.4, -0.2) is 30.5 Å². The van der Waals surface area contributed by atoms with Crippen LogP contribution >= 0.6 is 19.0 Å². The van der Waals surface area contributed by atoms with E-state index in [0.29, 0.717) is 5.66 Å². The van der Waals surface area contributed by atoms with Crippen molar-refractivity contribution in [2.24, 2.45) is 0 Å². The lowest BCUT2D eigenvalue weighted by Crippen LogP contribution is -2.47. The molecule has 0 aromatic heterocycles. The Bertz CT molecular complexity index is 1030. The van der Waals surface area contributed by atoms with Crippen LogP contribution in [0.15, 0.2) is 91.0 Å². The van der Waals surface area contributed by atoms with E-state index in [-0.39, 0.29) is 4.08 Å². The molecule has 1 saturated carbocycles. The Morgan fingerprint density at radius 1 is 0.829 bits per heavy atom. The Kier molecular flexibility index (Phi) is 8.64. The van der Waals surface area contributed by atoms with Gasteiger partial charge in [-0.1, -0.05) is 54.6 Å². The molecule has 0 bridgehead atoms. The van der Waals surface area contributed by atoms with Gasteiger partial charge >= 0.3 is 0 Å². The Morgan fingerprint density at radius 2 is 1.29 bits per heavy atom. The first-order valence-corrected chi connectivity index (χ1v) is 16.0. The summed E-state index contributed by atoms with van der Waals surface area (Å²) in [6, 6.07) is 33.6. The standard InChI is InChI=1S/C27H30OPS2.NO3/c28-31-21-11-20-30-27(31)19-10-18-26(22-27)29(23-12-4-1-5-13-23,24-14-6-2-7-15-24)25-16-8-3-9-17-25;2-1(3)4/h1-9,12-17,26H,10-11,18-22H2;/q+1;-1. The topological polar surface area (TPSA) is 83.3 Å². The van der Waals surface area contributed by atoms with E-state index >= 15 is 0 Å². The zero-order valence-electron chi connectivity index (χ0n) is 19.5. The number of hydrogen-bond acceptors (Lipinski definition) is 5. The number of hydrogen-bond donors (Lipinski definition) is 0. The Balaban J connectivity index is 0.000000672. The smallest absolute Gasteiger partial charge is 0.115 e. The first-order valence-electron chi connectivity index (χ1n) is 11.9. The molecular weight excluding hydrogens is 497 g/mol. The molecule has 184 valence electrons. The molecule has 8 heteroatoms. The average Bonchev–Trinajstić information content (AvgIpc) is 2.88. The molecule has 1 heterocycles. The Hall–Kier alpha value is -2.21. The number of benzene rings is 3. The fourth-order valence-electron chi connectivity index (χ4n) is 5.61. The van der Waals surface area contributed by atoms with Crippen molar-refractivity contribution in [2.75, 3.05) is 11.5 Å². The quantitative estimate of drug-likeness (QED) is 0.262. The van der Waals surface area contributed by atoms with Gasteiger partial charge in [-0.15, -0.1) is 11.8 Å². The van der Waals surface area contributed by atoms with E-state index in [1.54, 1.807) is 0 Å². The van der Waals surface area contributed by atoms with Crippen molar-refractivity contribution in [2.45, 2.75) is 41.8 Å². The highest BCUT2D eigenvalue weighted by molar-refractivity contribution is 8.13. The average molecular weight is 528 g/mol. The maximum atomic E-state index is 13.4. The summed E-state index contributed by atoms with van der Waals surface area (Å²) in [7, 11) is -2.62. The fourth-order valence-corrected chi connectivity index (χ4v) is 15.1. The maximum absolute atomic E-state index is 13.4. The zero-order valence-corrected chi connectivity index (χ0v) is 22.1. The third-order valence-electron chi connectivity index (χ3n) is 6.93. The monoisotopic (exact) mass is 527 g/mol. The predicted octanol–water partition coefficient (Wildman–Crippen LogP) is 5.27. The van der Waals surface area contributed by atoms with E-state index in [0.717, 1.165) is 30.8 Å². The first kappa shape index (κ1) is 25.9. The Morgan fingerprint density at radius 3 is 1.71 bits per heavy atom. The van der Waals surface area contributed by atoms with E-state index < -0.39 is 23.1 Å². The second-order valence-corrected chi connectivity index (χ2v) is 16.2. The summed E-state index contributed by atoms with van der Waals surface area (Å²) in [6.45, 7) is 0. The van der Waals surface area contributed by atoms with Crippen molar-refractivity contribution in [1.82, 2.24) is 0 Å². The lowest BCUT2D eigenvalue weighted by Gasteiger charge is -2.45. The van der Waals surface area contributed by atoms with Gasteiger partial charge in [0.1, 0.15) is 23.2 Å². The molecule has 2 aliphatic rings. The second-order valence-electron chi connectivity index (χ2n) is 8.87. The molecule has 0 radical (unpaired) electrons. The normalized spacial score (nSPS) is 24.2. The van der Waals surface area contributed by atoms with E-state index in [2.05, 4.69) is 91.0 Å². The lowest BCUT2D eigenvalue weighted by molar-refractivity contribution is -0.402. The van der Waals surface area contributed by atoms with Crippen LogP contribution in [-0.2, 0) is 10.8 Å². The number of rotatable bonds is 4. The zero-order chi connectivity index (χ0) is 24.7. The molecule has 3 unspecified atom stereocenters. The molecule has 0 N–H and O–H groups in total. The summed E-state index contributed by atoms with van der Waals surface area (Å²) < 4.78 is 13.3. The molecule has 5 nitrogen and oxygen atoms in total. The third kappa shape index (κ3) is 5.47. The molecule has 1 saturated heterocycles. The minimum absolute atomic E-state index is 0.0508. The van der Waals surface area contributed by atoms with Gasteiger partial charge in [-0.3, -0.25) is 4.21 Å². The molecule has 0 amide bonds. The van der Waals surface area contributed by atoms with Crippen molar-refractivity contribution in [3.63, 3.8) is 0 Å². The highest BCUT2D eigenvalue weighted by Gasteiger charge is 2.57. The van der Waals surface area contributed by atoms with Gasteiger partial charge in [0, 0.05) is 23.0 Å². The van der Waals surface area contributed by atoms with E-state index in [1.807, 2.05) is 11.8 Å². The summed E-state index contributed by atoms with van der Waals surface area (Å²) in [5, 5.41) is 19.1. The van der Waals surface area contributed by atoms with E-state index in [1.165, 1.54) is 28.8 Å². The van der Waals surface area contributed by atoms with Gasteiger partial charge in [0.15, 0.2) is 0 Å². The second kappa shape index (κ2) is 11.7. The van der Waals surface area contributed by atoms with Gasteiger partial charge in [0.2, 0.25) is 0 Å². The van der Waals surface area contributed by atoms with Crippen LogP contribution in [0.5, 0.6) is 0 Å². The van der Waals surface area contributed by atoms with Gasteiger partial charge < -0.3 is 15.3 Å². The SMILES string of the molecule is O=S1CCCSC12CCCC([P+](c1ccccc1)(c1ccccc1)c1ccccc1)C2.O=[N+]([O-])[O-]. The predicted molar refractivity (Wildman–Crippen MR) is 151 cm³/mol. The molecule has 2 fully saturated rings. The highest BCUT2D eigenvalue weighted by Crippen LogP contribution is 2.65. The lowest BCUT2D eigenvalue weighted by atomic mass is 9.99. The summed E-state index contributed by atoms with van der Waals surface area (Å²) in [5.41, 5.74) is 0.517. The van der Waals surface area contributed by atoms with Crippen LogP contribution in [0.25, 0.3) is 0 Å². The van der Waals surface area contributed by atoms with E-state index in [4.69, 9.17) is 15.3 Å². The molecule has 3 aromatic rings. The van der Waals surface area contributed by atoms with Gasteiger partial charge in [-0.05, 0) is 67.8 Å². The molecule has 3 atom stereocenters. The van der Waals surface area contributed by atoms with Crippen molar-refractivity contribution in [3.8, 4) is 0 Å². The summed E-state index contributed by atoms with van der Waals surface area (Å²) >= 11 is 2.02. The summed E-state index contributed by atoms with van der Waals surface area (Å²) in [5.74, 6) is 2.04. The van der Waals surface area contributed by atoms with Crippen molar-refractivity contribution in [1.29, 1.82) is 0 Å². The molecule has 1 aliphatic carbocycles. The van der Waals surface area contributed by atoms with Gasteiger partial charge in [-0.2, -0.15) is 0 Å². The minimum Gasteiger partial charge on any atom is -0.356 e. The molecule has 3 aromatic carbocycles. The molecule has 35 heavy (non-hydrogen) atoms. The molecule has 1 spiro atoms. The fraction of sp³-hybridized carbons (Fsp3) is 0.333. The summed E-state index contributed by atoms with van der Waals surface area (Å²) in [4.78, 5) is 8.25. The van der Waals surface area contributed by atoms with Crippen LogP contribution in [0.2, 0.25) is 0 Å². The molecular formula is C27H30NO4PS2. The van der Waals surface area contributed by atoms with Crippen LogP contribution in [0.3, 0.4) is 0 Å². The molecule has 1 aliphatic heterocycles. The minimum atomic E-state index is -1.90. The highest BCUT2D eigenvalue weighted by atomic mass is 32.2. The first-order chi connectivity index (χ1) is 17.0. The van der Waals surface area contributed by atoms with Gasteiger partial charge in [-0.25, -0.2) is 0 Å². The number of thioether (sulfide) groups is 1. The van der Waals surface area contributed by atoms with Gasteiger partial charge in [0.05, 0.1) is 14.8 Å². The van der Waals surface area contributed by atoms with Crippen molar-refractivity contribution in [3.05, 3.63) is 106 Å². The van der Waals surface area contributed by atoms with Crippen molar-refractivity contribution >= 4 is 45.7 Å².